The van der Waals surface area contributed by atoms with Gasteiger partial charge >= 0.3 is 0 Å². The fraction of sp³-hybridized carbons (Fsp3) is 0.556. The number of aromatic nitrogens is 3. The summed E-state index contributed by atoms with van der Waals surface area (Å²) in [5, 5.41) is 0. The van der Waals surface area contributed by atoms with Gasteiger partial charge in [0.2, 0.25) is 5.91 Å². The van der Waals surface area contributed by atoms with Gasteiger partial charge in [-0.2, -0.15) is 0 Å². The van der Waals surface area contributed by atoms with Crippen LogP contribution in [0.2, 0.25) is 0 Å². The summed E-state index contributed by atoms with van der Waals surface area (Å²) in [7, 11) is 0. The first kappa shape index (κ1) is 17.0. The fourth-order valence-electron chi connectivity index (χ4n) is 3.11. The van der Waals surface area contributed by atoms with Crippen molar-refractivity contribution in [2.24, 2.45) is 5.41 Å². The molecule has 0 unspecified atom stereocenters. The van der Waals surface area contributed by atoms with Crippen LogP contribution in [0.15, 0.2) is 17.9 Å². The highest BCUT2D eigenvalue weighted by Gasteiger charge is 2.32. The van der Waals surface area contributed by atoms with E-state index in [1.54, 1.807) is 17.5 Å². The second-order valence-electron chi connectivity index (χ2n) is 7.44. The first-order valence-corrected chi connectivity index (χ1v) is 9.26. The largest absolute Gasteiger partial charge is 0.342 e. The molecule has 3 heterocycles. The van der Waals surface area contributed by atoms with E-state index in [4.69, 9.17) is 4.98 Å². The lowest BCUT2D eigenvalue weighted by atomic mass is 9.90. The molecule has 1 saturated heterocycles. The van der Waals surface area contributed by atoms with Crippen LogP contribution in [-0.2, 0) is 4.79 Å². The Kier molecular flexibility index (Phi) is 4.67. The predicted octanol–water partition coefficient (Wildman–Crippen LogP) is 3.66. The molecule has 128 valence electrons. The van der Waals surface area contributed by atoms with Crippen molar-refractivity contribution in [1.82, 2.24) is 19.9 Å². The van der Waals surface area contributed by atoms with Crippen molar-refractivity contribution in [3.8, 4) is 10.6 Å². The van der Waals surface area contributed by atoms with Gasteiger partial charge in [-0.05, 0) is 19.8 Å². The predicted molar refractivity (Wildman–Crippen MR) is 95.9 cm³/mol. The van der Waals surface area contributed by atoms with Crippen LogP contribution in [0.25, 0.3) is 10.6 Å². The van der Waals surface area contributed by atoms with E-state index in [1.165, 1.54) is 0 Å². The molecule has 3 rings (SSSR count). The first-order chi connectivity index (χ1) is 11.4. The van der Waals surface area contributed by atoms with Gasteiger partial charge in [-0.25, -0.2) is 9.97 Å². The number of hydrogen-bond donors (Lipinski definition) is 0. The van der Waals surface area contributed by atoms with E-state index < -0.39 is 0 Å². The van der Waals surface area contributed by atoms with Gasteiger partial charge in [0.05, 0.1) is 28.0 Å². The maximum atomic E-state index is 12.6. The molecule has 1 aliphatic heterocycles. The van der Waals surface area contributed by atoms with Gasteiger partial charge < -0.3 is 4.90 Å². The van der Waals surface area contributed by atoms with Gasteiger partial charge in [-0.1, -0.05) is 20.8 Å². The minimum atomic E-state index is -0.338. The highest BCUT2D eigenvalue weighted by atomic mass is 32.1. The van der Waals surface area contributed by atoms with Gasteiger partial charge in [-0.3, -0.25) is 9.78 Å². The van der Waals surface area contributed by atoms with Crippen LogP contribution in [-0.4, -0.2) is 38.8 Å². The molecule has 1 atom stereocenters. The zero-order valence-electron chi connectivity index (χ0n) is 14.7. The molecule has 2 aromatic heterocycles. The number of likely N-dealkylation sites (tertiary alicyclic amines) is 1. The quantitative estimate of drug-likeness (QED) is 0.834. The maximum absolute atomic E-state index is 12.6. The molecule has 1 amide bonds. The number of piperidine rings is 1. The molecule has 0 aromatic carbocycles. The summed E-state index contributed by atoms with van der Waals surface area (Å²) >= 11 is 1.59. The van der Waals surface area contributed by atoms with E-state index >= 15 is 0 Å². The molecule has 0 bridgehead atoms. The molecule has 24 heavy (non-hydrogen) atoms. The minimum Gasteiger partial charge on any atom is -0.342 e. The summed E-state index contributed by atoms with van der Waals surface area (Å²) in [5.74, 6) is 0.473. The monoisotopic (exact) mass is 344 g/mol. The van der Waals surface area contributed by atoms with Crippen molar-refractivity contribution in [3.63, 3.8) is 0 Å². The lowest BCUT2D eigenvalue weighted by Crippen LogP contribution is -2.44. The number of aryl methyl sites for hydroxylation is 1. The average molecular weight is 344 g/mol. The van der Waals surface area contributed by atoms with Crippen molar-refractivity contribution in [1.29, 1.82) is 0 Å². The second-order valence-corrected chi connectivity index (χ2v) is 8.29. The smallest absolute Gasteiger partial charge is 0.227 e. The Morgan fingerprint density at radius 2 is 2.12 bits per heavy atom. The first-order valence-electron chi connectivity index (χ1n) is 8.38. The molecular weight excluding hydrogens is 320 g/mol. The molecule has 0 saturated carbocycles. The molecule has 2 aromatic rings. The second kappa shape index (κ2) is 6.59. The van der Waals surface area contributed by atoms with Crippen molar-refractivity contribution >= 4 is 17.2 Å². The average Bonchev–Trinajstić information content (AvgIpc) is 2.99. The zero-order valence-corrected chi connectivity index (χ0v) is 15.6. The maximum Gasteiger partial charge on any atom is 0.227 e. The Balaban J connectivity index is 1.82. The molecule has 1 aliphatic rings. The number of hydrogen-bond acceptors (Lipinski definition) is 5. The number of thiazole rings is 1. The summed E-state index contributed by atoms with van der Waals surface area (Å²) in [4.78, 5) is 29.1. The Hall–Kier alpha value is -1.82. The van der Waals surface area contributed by atoms with Crippen molar-refractivity contribution < 1.29 is 4.79 Å². The van der Waals surface area contributed by atoms with Gasteiger partial charge in [0.1, 0.15) is 5.69 Å². The van der Waals surface area contributed by atoms with Gasteiger partial charge in [0, 0.05) is 30.6 Å². The molecule has 0 aliphatic carbocycles. The molecule has 6 heteroatoms. The SMILES string of the molecule is Cc1ncsc1-c1cncc([C@@H]2CCCN(C(=O)C(C)(C)C)C2)n1. The summed E-state index contributed by atoms with van der Waals surface area (Å²) in [5.41, 5.74) is 4.34. The van der Waals surface area contributed by atoms with Crippen LogP contribution in [0.5, 0.6) is 0 Å². The number of rotatable bonds is 2. The van der Waals surface area contributed by atoms with Crippen LogP contribution in [0.1, 0.15) is 50.9 Å². The summed E-state index contributed by atoms with van der Waals surface area (Å²) < 4.78 is 0. The van der Waals surface area contributed by atoms with E-state index in [2.05, 4.69) is 9.97 Å². The van der Waals surface area contributed by atoms with Crippen LogP contribution < -0.4 is 0 Å². The van der Waals surface area contributed by atoms with Crippen molar-refractivity contribution in [2.45, 2.75) is 46.5 Å². The number of amides is 1. The molecular formula is C18H24N4OS. The van der Waals surface area contributed by atoms with E-state index in [-0.39, 0.29) is 17.2 Å². The van der Waals surface area contributed by atoms with E-state index in [0.29, 0.717) is 0 Å². The summed E-state index contributed by atoms with van der Waals surface area (Å²) in [6.45, 7) is 9.50. The standard InChI is InChI=1S/C18H24N4OS/c1-12-16(24-11-20-12)15-9-19-8-14(21-15)13-6-5-7-22(10-13)17(23)18(2,3)4/h8-9,11,13H,5-7,10H2,1-4H3/t13-/m1/s1. The number of carbonyl (C=O) groups excluding carboxylic acids is 1. The highest BCUT2D eigenvalue weighted by molar-refractivity contribution is 7.13. The summed E-state index contributed by atoms with van der Waals surface area (Å²) in [6, 6.07) is 0. The van der Waals surface area contributed by atoms with E-state index in [1.807, 2.05) is 44.3 Å². The molecule has 0 spiro atoms. The molecule has 5 nitrogen and oxygen atoms in total. The third kappa shape index (κ3) is 3.48. The Bertz CT molecular complexity index is 735. The topological polar surface area (TPSA) is 59.0 Å². The van der Waals surface area contributed by atoms with Gasteiger partial charge in [0.25, 0.3) is 0 Å². The Morgan fingerprint density at radius 3 is 2.79 bits per heavy atom. The third-order valence-corrected chi connectivity index (χ3v) is 5.35. The van der Waals surface area contributed by atoms with Crippen LogP contribution in [0.4, 0.5) is 0 Å². The fourth-order valence-corrected chi connectivity index (χ4v) is 3.87. The number of carbonyl (C=O) groups is 1. The van der Waals surface area contributed by atoms with Gasteiger partial charge in [-0.15, -0.1) is 11.3 Å². The highest BCUT2D eigenvalue weighted by Crippen LogP contribution is 2.31. The van der Waals surface area contributed by atoms with Crippen LogP contribution in [0.3, 0.4) is 0 Å². The molecule has 1 fully saturated rings. The molecule has 0 radical (unpaired) electrons. The Morgan fingerprint density at radius 1 is 1.33 bits per heavy atom. The lowest BCUT2D eigenvalue weighted by Gasteiger charge is -2.36. The van der Waals surface area contributed by atoms with Crippen molar-refractivity contribution in [2.75, 3.05) is 13.1 Å². The van der Waals surface area contributed by atoms with Gasteiger partial charge in [0.15, 0.2) is 0 Å². The summed E-state index contributed by atoms with van der Waals surface area (Å²) in [6.07, 6.45) is 5.70. The zero-order chi connectivity index (χ0) is 17.3. The normalized spacial score (nSPS) is 18.7. The van der Waals surface area contributed by atoms with E-state index in [0.717, 1.165) is 47.9 Å². The lowest BCUT2D eigenvalue weighted by molar-refractivity contribution is -0.140. The van der Waals surface area contributed by atoms with E-state index in [9.17, 15) is 4.79 Å². The minimum absolute atomic E-state index is 0.217. The Labute approximate surface area is 147 Å². The molecule has 0 N–H and O–H groups in total. The van der Waals surface area contributed by atoms with Crippen molar-refractivity contribution in [3.05, 3.63) is 29.3 Å². The van der Waals surface area contributed by atoms with Crippen LogP contribution >= 0.6 is 11.3 Å². The third-order valence-electron chi connectivity index (χ3n) is 4.40. The number of nitrogens with zero attached hydrogens (tertiary/aromatic N) is 4. The van der Waals surface area contributed by atoms with Crippen LogP contribution in [0, 0.1) is 12.3 Å².